The predicted octanol–water partition coefficient (Wildman–Crippen LogP) is 5.41. The minimum atomic E-state index is -0.0147. The lowest BCUT2D eigenvalue weighted by atomic mass is 9.96. The second-order valence-corrected chi connectivity index (χ2v) is 8.28. The van der Waals surface area contributed by atoms with E-state index in [1.54, 1.807) is 18.2 Å². The highest BCUT2D eigenvalue weighted by Crippen LogP contribution is 2.34. The third-order valence-electron chi connectivity index (χ3n) is 5.03. The zero-order valence-electron chi connectivity index (χ0n) is 16.2. The zero-order chi connectivity index (χ0) is 20.3. The fourth-order valence-corrected chi connectivity index (χ4v) is 4.02. The van der Waals surface area contributed by atoms with Crippen LogP contribution in [0, 0.1) is 0 Å². The average Bonchev–Trinajstić information content (AvgIpc) is 3.18. The SMILES string of the molecule is CC(C)c1cc(Cc2c(Cl)cc(OCC(=O)N3CCCC3)cc2Cl)ccc1O. The molecule has 0 aromatic heterocycles. The number of aromatic hydroxyl groups is 1. The van der Waals surface area contributed by atoms with Crippen LogP contribution in [-0.4, -0.2) is 35.6 Å². The molecule has 2 aromatic carbocycles. The third kappa shape index (κ3) is 4.92. The van der Waals surface area contributed by atoms with E-state index in [1.807, 2.05) is 30.9 Å². The van der Waals surface area contributed by atoms with Crippen molar-refractivity contribution in [1.82, 2.24) is 4.90 Å². The molecule has 0 saturated carbocycles. The number of phenols is 1. The van der Waals surface area contributed by atoms with Crippen molar-refractivity contribution in [1.29, 1.82) is 0 Å². The number of likely N-dealkylation sites (tertiary alicyclic amines) is 1. The van der Waals surface area contributed by atoms with Crippen molar-refractivity contribution in [3.05, 3.63) is 57.1 Å². The third-order valence-corrected chi connectivity index (χ3v) is 5.70. The molecule has 0 aliphatic carbocycles. The van der Waals surface area contributed by atoms with Crippen LogP contribution in [-0.2, 0) is 11.2 Å². The van der Waals surface area contributed by atoms with Gasteiger partial charge in [0.15, 0.2) is 6.61 Å². The molecular weight excluding hydrogens is 397 g/mol. The fourth-order valence-electron chi connectivity index (χ4n) is 3.42. The van der Waals surface area contributed by atoms with E-state index >= 15 is 0 Å². The highest BCUT2D eigenvalue weighted by Gasteiger charge is 2.19. The number of benzene rings is 2. The Hall–Kier alpha value is -1.91. The Bertz CT molecular complexity index is 838. The number of halogens is 2. The quantitative estimate of drug-likeness (QED) is 0.677. The number of ether oxygens (including phenoxy) is 1. The summed E-state index contributed by atoms with van der Waals surface area (Å²) in [7, 11) is 0. The fraction of sp³-hybridized carbons (Fsp3) is 0.409. The van der Waals surface area contributed by atoms with Crippen LogP contribution in [0.25, 0.3) is 0 Å². The van der Waals surface area contributed by atoms with Gasteiger partial charge in [-0.15, -0.1) is 0 Å². The standard InChI is InChI=1S/C22H25Cl2NO3/c1-14(2)17-9-15(5-6-21(17)26)10-18-19(23)11-16(12-20(18)24)28-13-22(27)25-7-3-4-8-25/h5-6,9,11-12,14,26H,3-4,7-8,10,13H2,1-2H3. The molecule has 1 heterocycles. The highest BCUT2D eigenvalue weighted by atomic mass is 35.5. The molecule has 0 spiro atoms. The molecule has 2 aromatic rings. The number of amides is 1. The number of nitrogens with zero attached hydrogens (tertiary/aromatic N) is 1. The first kappa shape index (κ1) is 20.8. The maximum atomic E-state index is 12.1. The summed E-state index contributed by atoms with van der Waals surface area (Å²) in [5.41, 5.74) is 2.70. The van der Waals surface area contributed by atoms with Gasteiger partial charge in [0.05, 0.1) is 0 Å². The second kappa shape index (κ2) is 9.06. The second-order valence-electron chi connectivity index (χ2n) is 7.47. The minimum absolute atomic E-state index is 0.0122. The molecule has 1 aliphatic rings. The van der Waals surface area contributed by atoms with E-state index < -0.39 is 0 Å². The summed E-state index contributed by atoms with van der Waals surface area (Å²) >= 11 is 12.9. The van der Waals surface area contributed by atoms with E-state index in [0.717, 1.165) is 42.6 Å². The van der Waals surface area contributed by atoms with E-state index in [-0.39, 0.29) is 18.4 Å². The van der Waals surface area contributed by atoms with E-state index in [0.29, 0.717) is 28.0 Å². The molecule has 0 bridgehead atoms. The summed E-state index contributed by atoms with van der Waals surface area (Å²) in [6.45, 7) is 5.66. The first-order valence-electron chi connectivity index (χ1n) is 9.55. The van der Waals surface area contributed by atoms with Crippen molar-refractivity contribution in [2.24, 2.45) is 0 Å². The van der Waals surface area contributed by atoms with Gasteiger partial charge in [-0.05, 0) is 53.6 Å². The first-order valence-corrected chi connectivity index (χ1v) is 10.3. The van der Waals surface area contributed by atoms with Crippen LogP contribution in [0.15, 0.2) is 30.3 Å². The van der Waals surface area contributed by atoms with Crippen molar-refractivity contribution in [3.8, 4) is 11.5 Å². The maximum absolute atomic E-state index is 12.1. The smallest absolute Gasteiger partial charge is 0.260 e. The van der Waals surface area contributed by atoms with Gasteiger partial charge in [-0.3, -0.25) is 4.79 Å². The molecule has 4 nitrogen and oxygen atoms in total. The normalized spacial score (nSPS) is 14.0. The molecule has 0 radical (unpaired) electrons. The molecule has 150 valence electrons. The zero-order valence-corrected chi connectivity index (χ0v) is 17.7. The summed E-state index contributed by atoms with van der Waals surface area (Å²) in [4.78, 5) is 13.9. The van der Waals surface area contributed by atoms with Crippen molar-refractivity contribution in [2.75, 3.05) is 19.7 Å². The molecule has 1 N–H and O–H groups in total. The lowest BCUT2D eigenvalue weighted by Gasteiger charge is -2.16. The lowest BCUT2D eigenvalue weighted by Crippen LogP contribution is -2.32. The molecule has 1 amide bonds. The van der Waals surface area contributed by atoms with Gasteiger partial charge in [-0.1, -0.05) is 49.2 Å². The van der Waals surface area contributed by atoms with Gasteiger partial charge in [-0.2, -0.15) is 0 Å². The molecule has 1 aliphatic heterocycles. The molecular formula is C22H25Cl2NO3. The molecule has 1 fully saturated rings. The van der Waals surface area contributed by atoms with Gasteiger partial charge < -0.3 is 14.7 Å². The van der Waals surface area contributed by atoms with Crippen LogP contribution in [0.3, 0.4) is 0 Å². The van der Waals surface area contributed by atoms with E-state index in [4.69, 9.17) is 27.9 Å². The Morgan fingerprint density at radius 3 is 2.39 bits per heavy atom. The molecule has 3 rings (SSSR count). The number of carbonyl (C=O) groups excluding carboxylic acids is 1. The van der Waals surface area contributed by atoms with Gasteiger partial charge in [-0.25, -0.2) is 0 Å². The minimum Gasteiger partial charge on any atom is -0.508 e. The van der Waals surface area contributed by atoms with Crippen LogP contribution in [0.4, 0.5) is 0 Å². The van der Waals surface area contributed by atoms with Crippen LogP contribution in [0.2, 0.25) is 10.0 Å². The summed E-state index contributed by atoms with van der Waals surface area (Å²) < 4.78 is 5.62. The van der Waals surface area contributed by atoms with E-state index in [2.05, 4.69) is 0 Å². The van der Waals surface area contributed by atoms with Gasteiger partial charge >= 0.3 is 0 Å². The van der Waals surface area contributed by atoms with Crippen LogP contribution >= 0.6 is 23.2 Å². The number of rotatable bonds is 6. The number of carbonyl (C=O) groups is 1. The number of phenolic OH excluding ortho intramolecular Hbond substituents is 1. The molecule has 0 unspecified atom stereocenters. The molecule has 1 saturated heterocycles. The molecule has 0 atom stereocenters. The number of hydrogen-bond acceptors (Lipinski definition) is 3. The van der Waals surface area contributed by atoms with Crippen molar-refractivity contribution >= 4 is 29.1 Å². The summed E-state index contributed by atoms with van der Waals surface area (Å²) in [6, 6.07) is 8.94. The van der Waals surface area contributed by atoms with E-state index in [9.17, 15) is 9.90 Å². The largest absolute Gasteiger partial charge is 0.508 e. The maximum Gasteiger partial charge on any atom is 0.260 e. The average molecular weight is 422 g/mol. The van der Waals surface area contributed by atoms with Crippen LogP contribution < -0.4 is 4.74 Å². The van der Waals surface area contributed by atoms with Gasteiger partial charge in [0.1, 0.15) is 11.5 Å². The summed E-state index contributed by atoms with van der Waals surface area (Å²) in [6.07, 6.45) is 2.65. The van der Waals surface area contributed by atoms with Gasteiger partial charge in [0.25, 0.3) is 5.91 Å². The van der Waals surface area contributed by atoms with Gasteiger partial charge in [0.2, 0.25) is 0 Å². The van der Waals surface area contributed by atoms with Crippen molar-refractivity contribution < 1.29 is 14.6 Å². The van der Waals surface area contributed by atoms with Gasteiger partial charge in [0, 0.05) is 29.6 Å². The summed E-state index contributed by atoms with van der Waals surface area (Å²) in [5, 5.41) is 11.0. The Balaban J connectivity index is 1.71. The number of hydrogen-bond donors (Lipinski definition) is 1. The Labute approximate surface area is 176 Å². The molecule has 6 heteroatoms. The van der Waals surface area contributed by atoms with Crippen molar-refractivity contribution in [3.63, 3.8) is 0 Å². The summed E-state index contributed by atoms with van der Waals surface area (Å²) in [5.74, 6) is 0.983. The topological polar surface area (TPSA) is 49.8 Å². The van der Waals surface area contributed by atoms with Crippen LogP contribution in [0.1, 0.15) is 49.3 Å². The predicted molar refractivity (Wildman–Crippen MR) is 113 cm³/mol. The lowest BCUT2D eigenvalue weighted by molar-refractivity contribution is -0.132. The highest BCUT2D eigenvalue weighted by molar-refractivity contribution is 6.36. The van der Waals surface area contributed by atoms with Crippen LogP contribution in [0.5, 0.6) is 11.5 Å². The van der Waals surface area contributed by atoms with E-state index in [1.165, 1.54) is 0 Å². The Morgan fingerprint density at radius 2 is 1.79 bits per heavy atom. The first-order chi connectivity index (χ1) is 13.3. The Morgan fingerprint density at radius 1 is 1.14 bits per heavy atom. The monoisotopic (exact) mass is 421 g/mol. The molecule has 28 heavy (non-hydrogen) atoms. The van der Waals surface area contributed by atoms with Crippen molar-refractivity contribution in [2.45, 2.75) is 39.0 Å². The Kier molecular flexibility index (Phi) is 6.73.